The minimum Gasteiger partial charge on any atom is -0.342 e. The van der Waals surface area contributed by atoms with Crippen molar-refractivity contribution in [2.24, 2.45) is 0 Å². The Morgan fingerprint density at radius 1 is 1.09 bits per heavy atom. The number of nitrogens with one attached hydrogen (secondary N) is 1. The van der Waals surface area contributed by atoms with Gasteiger partial charge in [0.2, 0.25) is 5.91 Å². The van der Waals surface area contributed by atoms with E-state index < -0.39 is 0 Å². The lowest BCUT2D eigenvalue weighted by Gasteiger charge is -2.15. The third kappa shape index (κ3) is 3.94. The number of anilines is 1. The second-order valence-electron chi connectivity index (χ2n) is 5.66. The van der Waals surface area contributed by atoms with Crippen molar-refractivity contribution in [1.82, 2.24) is 9.88 Å². The van der Waals surface area contributed by atoms with Crippen LogP contribution in [-0.2, 0) is 11.2 Å². The molecule has 1 aromatic carbocycles. The third-order valence-corrected chi connectivity index (χ3v) is 3.95. The van der Waals surface area contributed by atoms with Crippen LogP contribution in [0.15, 0.2) is 48.8 Å². The lowest BCUT2D eigenvalue weighted by Crippen LogP contribution is -2.29. The highest BCUT2D eigenvalue weighted by Crippen LogP contribution is 2.14. The normalized spacial score (nSPS) is 13.8. The van der Waals surface area contributed by atoms with E-state index in [0.29, 0.717) is 17.7 Å². The summed E-state index contributed by atoms with van der Waals surface area (Å²) >= 11 is 0. The predicted molar refractivity (Wildman–Crippen MR) is 88.2 cm³/mol. The molecule has 5 heteroatoms. The molecule has 0 aliphatic carbocycles. The first kappa shape index (κ1) is 15.2. The van der Waals surface area contributed by atoms with Gasteiger partial charge in [-0.2, -0.15) is 0 Å². The highest BCUT2D eigenvalue weighted by molar-refractivity contribution is 6.04. The fraction of sp³-hybridized carbons (Fsp3) is 0.278. The van der Waals surface area contributed by atoms with E-state index in [2.05, 4.69) is 10.3 Å². The molecule has 2 amide bonds. The molecule has 118 valence electrons. The number of nitrogens with zero attached hydrogens (tertiary/aromatic N) is 2. The van der Waals surface area contributed by atoms with Gasteiger partial charge in [-0.3, -0.25) is 14.6 Å². The molecule has 1 fully saturated rings. The van der Waals surface area contributed by atoms with Crippen LogP contribution >= 0.6 is 0 Å². The number of carbonyl (C=O) groups excluding carboxylic acids is 2. The minimum absolute atomic E-state index is 0.176. The van der Waals surface area contributed by atoms with Gasteiger partial charge in [0, 0.05) is 31.2 Å². The van der Waals surface area contributed by atoms with Crippen molar-refractivity contribution in [3.63, 3.8) is 0 Å². The van der Waals surface area contributed by atoms with Crippen LogP contribution in [0.25, 0.3) is 0 Å². The van der Waals surface area contributed by atoms with Crippen molar-refractivity contribution in [3.05, 3.63) is 59.9 Å². The standard InChI is InChI=1S/C18H19N3O2/c22-17(21-10-1-2-11-21)12-14-5-7-16(8-6-14)20-18(23)15-4-3-9-19-13-15/h3-9,13H,1-2,10-12H2,(H,20,23). The van der Waals surface area contributed by atoms with Crippen LogP contribution in [0.5, 0.6) is 0 Å². The summed E-state index contributed by atoms with van der Waals surface area (Å²) in [6.45, 7) is 1.75. The Balaban J connectivity index is 1.58. The number of pyridine rings is 1. The number of rotatable bonds is 4. The molecule has 1 saturated heterocycles. The molecule has 1 N–H and O–H groups in total. The molecule has 0 radical (unpaired) electrons. The van der Waals surface area contributed by atoms with Gasteiger partial charge in [0.25, 0.3) is 5.91 Å². The maximum Gasteiger partial charge on any atom is 0.257 e. The van der Waals surface area contributed by atoms with Crippen molar-refractivity contribution < 1.29 is 9.59 Å². The molecule has 0 unspecified atom stereocenters. The molecule has 5 nitrogen and oxygen atoms in total. The van der Waals surface area contributed by atoms with Crippen molar-refractivity contribution in [1.29, 1.82) is 0 Å². The Bertz CT molecular complexity index is 677. The van der Waals surface area contributed by atoms with Gasteiger partial charge in [-0.15, -0.1) is 0 Å². The maximum absolute atomic E-state index is 12.1. The Morgan fingerprint density at radius 2 is 1.83 bits per heavy atom. The van der Waals surface area contributed by atoms with Gasteiger partial charge in [0.1, 0.15) is 0 Å². The van der Waals surface area contributed by atoms with Crippen LogP contribution in [-0.4, -0.2) is 34.8 Å². The molecule has 2 heterocycles. The molecule has 23 heavy (non-hydrogen) atoms. The molecular formula is C18H19N3O2. The van der Waals surface area contributed by atoms with E-state index in [9.17, 15) is 9.59 Å². The number of amides is 2. The van der Waals surface area contributed by atoms with Gasteiger partial charge in [-0.25, -0.2) is 0 Å². The maximum atomic E-state index is 12.1. The summed E-state index contributed by atoms with van der Waals surface area (Å²) in [5.74, 6) is -0.0198. The van der Waals surface area contributed by atoms with E-state index in [1.165, 1.54) is 6.20 Å². The molecule has 2 aromatic rings. The summed E-state index contributed by atoms with van der Waals surface area (Å²) in [7, 11) is 0. The molecule has 1 aromatic heterocycles. The number of aromatic nitrogens is 1. The van der Waals surface area contributed by atoms with Crippen LogP contribution in [0.1, 0.15) is 28.8 Å². The third-order valence-electron chi connectivity index (χ3n) is 3.95. The molecule has 0 atom stereocenters. The van der Waals surface area contributed by atoms with E-state index in [-0.39, 0.29) is 11.8 Å². The summed E-state index contributed by atoms with van der Waals surface area (Å²) in [6.07, 6.45) is 5.77. The summed E-state index contributed by atoms with van der Waals surface area (Å²) in [6, 6.07) is 10.8. The predicted octanol–water partition coefficient (Wildman–Crippen LogP) is 2.50. The van der Waals surface area contributed by atoms with E-state index >= 15 is 0 Å². The SMILES string of the molecule is O=C(Nc1ccc(CC(=O)N2CCCC2)cc1)c1cccnc1. The zero-order valence-electron chi connectivity index (χ0n) is 12.9. The van der Waals surface area contributed by atoms with Gasteiger partial charge in [-0.05, 0) is 42.7 Å². The van der Waals surface area contributed by atoms with Gasteiger partial charge in [-0.1, -0.05) is 12.1 Å². The zero-order valence-corrected chi connectivity index (χ0v) is 12.9. The molecule has 0 saturated carbocycles. The average Bonchev–Trinajstić information content (AvgIpc) is 3.12. The Labute approximate surface area is 135 Å². The summed E-state index contributed by atoms with van der Waals surface area (Å²) < 4.78 is 0. The number of hydrogen-bond donors (Lipinski definition) is 1. The Hall–Kier alpha value is -2.69. The lowest BCUT2D eigenvalue weighted by atomic mass is 10.1. The van der Waals surface area contributed by atoms with Gasteiger partial charge >= 0.3 is 0 Å². The first-order valence-corrected chi connectivity index (χ1v) is 7.80. The lowest BCUT2D eigenvalue weighted by molar-refractivity contribution is -0.129. The van der Waals surface area contributed by atoms with Gasteiger partial charge in [0.05, 0.1) is 12.0 Å². The van der Waals surface area contributed by atoms with E-state index in [0.717, 1.165) is 31.5 Å². The zero-order chi connectivity index (χ0) is 16.1. The molecule has 0 bridgehead atoms. The number of likely N-dealkylation sites (tertiary alicyclic amines) is 1. The average molecular weight is 309 g/mol. The molecule has 1 aliphatic heterocycles. The first-order valence-electron chi connectivity index (χ1n) is 7.80. The fourth-order valence-corrected chi connectivity index (χ4v) is 2.66. The van der Waals surface area contributed by atoms with Crippen LogP contribution in [0.2, 0.25) is 0 Å². The number of benzene rings is 1. The fourth-order valence-electron chi connectivity index (χ4n) is 2.66. The first-order chi connectivity index (χ1) is 11.2. The summed E-state index contributed by atoms with van der Waals surface area (Å²) in [5.41, 5.74) is 2.18. The highest BCUT2D eigenvalue weighted by atomic mass is 16.2. The van der Waals surface area contributed by atoms with Crippen molar-refractivity contribution in [2.75, 3.05) is 18.4 Å². The van der Waals surface area contributed by atoms with E-state index in [1.807, 2.05) is 29.2 Å². The Kier molecular flexibility index (Phi) is 4.66. The van der Waals surface area contributed by atoms with E-state index in [1.54, 1.807) is 18.3 Å². The topological polar surface area (TPSA) is 62.3 Å². The molecule has 1 aliphatic rings. The largest absolute Gasteiger partial charge is 0.342 e. The van der Waals surface area contributed by atoms with Crippen LogP contribution in [0.4, 0.5) is 5.69 Å². The second kappa shape index (κ2) is 7.05. The van der Waals surface area contributed by atoms with Gasteiger partial charge in [0.15, 0.2) is 0 Å². The Morgan fingerprint density at radius 3 is 2.48 bits per heavy atom. The smallest absolute Gasteiger partial charge is 0.257 e. The highest BCUT2D eigenvalue weighted by Gasteiger charge is 2.17. The minimum atomic E-state index is -0.195. The quantitative estimate of drug-likeness (QED) is 0.944. The molecular weight excluding hydrogens is 290 g/mol. The molecule has 0 spiro atoms. The van der Waals surface area contributed by atoms with Crippen molar-refractivity contribution >= 4 is 17.5 Å². The van der Waals surface area contributed by atoms with Crippen molar-refractivity contribution in [2.45, 2.75) is 19.3 Å². The van der Waals surface area contributed by atoms with Gasteiger partial charge < -0.3 is 10.2 Å². The van der Waals surface area contributed by atoms with Crippen LogP contribution in [0.3, 0.4) is 0 Å². The van der Waals surface area contributed by atoms with Crippen molar-refractivity contribution in [3.8, 4) is 0 Å². The van der Waals surface area contributed by atoms with Crippen LogP contribution < -0.4 is 5.32 Å². The molecule has 3 rings (SSSR count). The summed E-state index contributed by atoms with van der Waals surface area (Å²) in [5, 5.41) is 2.82. The number of hydrogen-bond acceptors (Lipinski definition) is 3. The summed E-state index contributed by atoms with van der Waals surface area (Å²) in [4.78, 5) is 30.0. The monoisotopic (exact) mass is 309 g/mol. The van der Waals surface area contributed by atoms with E-state index in [4.69, 9.17) is 0 Å². The second-order valence-corrected chi connectivity index (χ2v) is 5.66. The number of carbonyl (C=O) groups is 2. The van der Waals surface area contributed by atoms with Crippen LogP contribution in [0, 0.1) is 0 Å².